The van der Waals surface area contributed by atoms with E-state index < -0.39 is 10.8 Å². The summed E-state index contributed by atoms with van der Waals surface area (Å²) in [7, 11) is -0.561. The summed E-state index contributed by atoms with van der Waals surface area (Å²) in [4.78, 5) is 3.75. The lowest BCUT2D eigenvalue weighted by Crippen LogP contribution is -2.41. The summed E-state index contributed by atoms with van der Waals surface area (Å²) >= 11 is 5.23. The molecule has 0 aromatic carbocycles. The van der Waals surface area contributed by atoms with Gasteiger partial charge in [0.1, 0.15) is 0 Å². The molecule has 0 amide bonds. The highest BCUT2D eigenvalue weighted by Gasteiger charge is 2.13. The van der Waals surface area contributed by atoms with Gasteiger partial charge in [-0.2, -0.15) is 0 Å². The minimum Gasteiger partial charge on any atom is -0.311 e. The van der Waals surface area contributed by atoms with Gasteiger partial charge >= 0.3 is 0 Å². The average molecular weight is 337 g/mol. The van der Waals surface area contributed by atoms with Crippen LogP contribution in [0.4, 0.5) is 0 Å². The summed E-state index contributed by atoms with van der Waals surface area (Å²) in [6.07, 6.45) is 0. The third-order valence-electron chi connectivity index (χ3n) is 2.80. The van der Waals surface area contributed by atoms with Crippen molar-refractivity contribution in [3.63, 3.8) is 0 Å². The minimum atomic E-state index is -0.561. The Bertz CT molecular complexity index is 373. The second-order valence-electron chi connectivity index (χ2n) is 4.10. The maximum absolute atomic E-state index is 11.2. The Hall–Kier alpha value is 0.250. The summed E-state index contributed by atoms with van der Waals surface area (Å²) in [5.41, 5.74) is 0. The Labute approximate surface area is 117 Å². The average Bonchev–Trinajstić information content (AvgIpc) is 2.73. The fraction of sp³-hybridized carbons (Fsp3) is 0.636. The number of nitrogens with zero attached hydrogens (tertiary/aromatic N) is 1. The van der Waals surface area contributed by atoms with E-state index in [2.05, 4.69) is 37.6 Å². The topological polar surface area (TPSA) is 32.3 Å². The number of thiophene rings is 1. The van der Waals surface area contributed by atoms with Crippen LogP contribution in [0.5, 0.6) is 0 Å². The van der Waals surface area contributed by atoms with Gasteiger partial charge in [-0.1, -0.05) is 0 Å². The number of nitrogens with one attached hydrogen (secondary N) is 1. The van der Waals surface area contributed by atoms with Gasteiger partial charge in [0.25, 0.3) is 0 Å². The first-order valence-corrected chi connectivity index (χ1v) is 8.91. The predicted molar refractivity (Wildman–Crippen MR) is 78.0 cm³/mol. The number of hydrogen-bond acceptors (Lipinski definition) is 4. The molecule has 0 atom stereocenters. The molecule has 1 aliphatic rings. The molecular formula is C11H17BrN2OS2. The van der Waals surface area contributed by atoms with Crippen molar-refractivity contribution < 1.29 is 4.21 Å². The van der Waals surface area contributed by atoms with Crippen molar-refractivity contribution in [2.45, 2.75) is 6.54 Å². The smallest absolute Gasteiger partial charge is 0.0363 e. The molecule has 17 heavy (non-hydrogen) atoms. The maximum atomic E-state index is 11.2. The molecule has 0 saturated carbocycles. The van der Waals surface area contributed by atoms with E-state index in [0.29, 0.717) is 0 Å². The molecule has 2 heterocycles. The zero-order valence-electron chi connectivity index (χ0n) is 9.65. The molecule has 0 spiro atoms. The van der Waals surface area contributed by atoms with Crippen LogP contribution in [0.1, 0.15) is 4.88 Å². The lowest BCUT2D eigenvalue weighted by Gasteiger charge is -2.25. The molecule has 1 fully saturated rings. The SMILES string of the molecule is O=S1CCN(CCNCc2cc(Br)cs2)CC1. The molecular weight excluding hydrogens is 320 g/mol. The Kier molecular flexibility index (Phi) is 5.62. The monoisotopic (exact) mass is 336 g/mol. The molecule has 0 aliphatic carbocycles. The number of halogens is 1. The molecule has 6 heteroatoms. The van der Waals surface area contributed by atoms with Gasteiger partial charge in [0.05, 0.1) is 0 Å². The second-order valence-corrected chi connectivity index (χ2v) is 7.71. The lowest BCUT2D eigenvalue weighted by molar-refractivity contribution is 0.298. The van der Waals surface area contributed by atoms with Gasteiger partial charge in [-0.05, 0) is 22.0 Å². The highest BCUT2D eigenvalue weighted by molar-refractivity contribution is 9.10. The second kappa shape index (κ2) is 6.99. The molecule has 1 aliphatic heterocycles. The van der Waals surface area contributed by atoms with E-state index in [9.17, 15) is 4.21 Å². The third kappa shape index (κ3) is 4.79. The molecule has 0 unspecified atom stereocenters. The zero-order chi connectivity index (χ0) is 12.1. The van der Waals surface area contributed by atoms with E-state index in [1.165, 1.54) is 4.88 Å². The summed E-state index contributed by atoms with van der Waals surface area (Å²) in [6.45, 7) is 4.97. The van der Waals surface area contributed by atoms with Crippen LogP contribution in [0, 0.1) is 0 Å². The summed E-state index contributed by atoms with van der Waals surface area (Å²) in [6, 6.07) is 2.15. The van der Waals surface area contributed by atoms with Crippen molar-refractivity contribution in [3.05, 3.63) is 20.8 Å². The van der Waals surface area contributed by atoms with Crippen LogP contribution in [0.2, 0.25) is 0 Å². The van der Waals surface area contributed by atoms with Gasteiger partial charge in [0, 0.05) is 69.8 Å². The van der Waals surface area contributed by atoms with Gasteiger partial charge < -0.3 is 10.2 Å². The van der Waals surface area contributed by atoms with Crippen molar-refractivity contribution in [2.75, 3.05) is 37.7 Å². The summed E-state index contributed by atoms with van der Waals surface area (Å²) < 4.78 is 12.4. The summed E-state index contributed by atoms with van der Waals surface area (Å²) in [5, 5.41) is 5.55. The largest absolute Gasteiger partial charge is 0.311 e. The minimum absolute atomic E-state index is 0.561. The molecule has 1 N–H and O–H groups in total. The quantitative estimate of drug-likeness (QED) is 0.830. The van der Waals surface area contributed by atoms with E-state index in [1.54, 1.807) is 11.3 Å². The normalized spacial score (nSPS) is 18.6. The number of rotatable bonds is 5. The van der Waals surface area contributed by atoms with Gasteiger partial charge in [-0.25, -0.2) is 0 Å². The molecule has 0 radical (unpaired) electrons. The Balaban J connectivity index is 1.58. The van der Waals surface area contributed by atoms with E-state index in [1.807, 2.05) is 0 Å². The lowest BCUT2D eigenvalue weighted by atomic mass is 10.4. The fourth-order valence-corrected chi connectivity index (χ4v) is 4.34. The van der Waals surface area contributed by atoms with E-state index in [0.717, 1.165) is 48.7 Å². The van der Waals surface area contributed by atoms with Crippen LogP contribution in [0.3, 0.4) is 0 Å². The first-order chi connectivity index (χ1) is 8.24. The van der Waals surface area contributed by atoms with Crippen LogP contribution in [-0.4, -0.2) is 46.8 Å². The Morgan fingerprint density at radius 3 is 2.88 bits per heavy atom. The first-order valence-electron chi connectivity index (χ1n) is 5.75. The molecule has 1 aromatic rings. The first kappa shape index (κ1) is 13.7. The van der Waals surface area contributed by atoms with Crippen molar-refractivity contribution in [2.24, 2.45) is 0 Å². The Morgan fingerprint density at radius 2 is 2.24 bits per heavy atom. The van der Waals surface area contributed by atoms with Gasteiger partial charge in [0.15, 0.2) is 0 Å². The van der Waals surface area contributed by atoms with Crippen LogP contribution in [0.15, 0.2) is 15.9 Å². The molecule has 3 nitrogen and oxygen atoms in total. The van der Waals surface area contributed by atoms with Crippen LogP contribution in [-0.2, 0) is 17.3 Å². The van der Waals surface area contributed by atoms with Crippen molar-refractivity contribution in [3.8, 4) is 0 Å². The van der Waals surface area contributed by atoms with Crippen LogP contribution >= 0.6 is 27.3 Å². The van der Waals surface area contributed by atoms with Gasteiger partial charge in [-0.15, -0.1) is 11.3 Å². The zero-order valence-corrected chi connectivity index (χ0v) is 12.9. The van der Waals surface area contributed by atoms with Crippen LogP contribution < -0.4 is 5.32 Å². The highest BCUT2D eigenvalue weighted by Crippen LogP contribution is 2.19. The number of hydrogen-bond donors (Lipinski definition) is 1. The molecule has 1 saturated heterocycles. The highest BCUT2D eigenvalue weighted by atomic mass is 79.9. The van der Waals surface area contributed by atoms with Crippen molar-refractivity contribution in [1.29, 1.82) is 0 Å². The van der Waals surface area contributed by atoms with Crippen molar-refractivity contribution >= 4 is 38.1 Å². The molecule has 1 aromatic heterocycles. The summed E-state index contributed by atoms with van der Waals surface area (Å²) in [5.74, 6) is 1.69. The van der Waals surface area contributed by atoms with E-state index >= 15 is 0 Å². The predicted octanol–water partition coefficient (Wildman–Crippen LogP) is 1.66. The molecule has 96 valence electrons. The van der Waals surface area contributed by atoms with Gasteiger partial charge in [-0.3, -0.25) is 4.21 Å². The molecule has 0 bridgehead atoms. The molecule has 2 rings (SSSR count). The Morgan fingerprint density at radius 1 is 1.47 bits per heavy atom. The maximum Gasteiger partial charge on any atom is 0.0363 e. The van der Waals surface area contributed by atoms with Crippen LogP contribution in [0.25, 0.3) is 0 Å². The van der Waals surface area contributed by atoms with E-state index in [-0.39, 0.29) is 0 Å². The van der Waals surface area contributed by atoms with Gasteiger partial charge in [0.2, 0.25) is 0 Å². The fourth-order valence-electron chi connectivity index (χ4n) is 1.79. The van der Waals surface area contributed by atoms with Crippen molar-refractivity contribution in [1.82, 2.24) is 10.2 Å². The third-order valence-corrected chi connectivity index (χ3v) is 5.77. The van der Waals surface area contributed by atoms with E-state index in [4.69, 9.17) is 0 Å². The standard InChI is InChI=1S/C11H17BrN2OS2/c12-10-7-11(16-9-10)8-13-1-2-14-3-5-17(15)6-4-14/h7,9,13H,1-6,8H2.